The first-order chi connectivity index (χ1) is 10.3. The Morgan fingerprint density at radius 1 is 1.24 bits per heavy atom. The van der Waals surface area contributed by atoms with E-state index in [4.69, 9.17) is 11.6 Å². The van der Waals surface area contributed by atoms with Crippen molar-refractivity contribution in [2.75, 3.05) is 29.9 Å². The Morgan fingerprint density at radius 3 is 2.90 bits per heavy atom. The van der Waals surface area contributed by atoms with E-state index in [1.54, 1.807) is 6.20 Å². The predicted molar refractivity (Wildman–Crippen MR) is 84.9 cm³/mol. The topological polar surface area (TPSA) is 53.9 Å². The van der Waals surface area contributed by atoms with Gasteiger partial charge >= 0.3 is 0 Å². The number of nitrogens with zero attached hydrogens (tertiary/aromatic N) is 4. The number of nitrogens with one attached hydrogen (secondary N) is 1. The van der Waals surface area contributed by atoms with Crippen LogP contribution < -0.4 is 10.2 Å². The number of aromatic nitrogens is 3. The van der Waals surface area contributed by atoms with Gasteiger partial charge in [0.05, 0.1) is 6.20 Å². The zero-order chi connectivity index (χ0) is 14.5. The number of anilines is 2. The van der Waals surface area contributed by atoms with Crippen LogP contribution in [0.15, 0.2) is 30.5 Å². The van der Waals surface area contributed by atoms with E-state index in [1.807, 2.05) is 18.2 Å². The Bertz CT molecular complexity index is 598. The van der Waals surface area contributed by atoms with Gasteiger partial charge in [-0.15, -0.1) is 5.10 Å². The highest BCUT2D eigenvalue weighted by atomic mass is 35.5. The minimum atomic E-state index is 0.722. The van der Waals surface area contributed by atoms with Crippen molar-refractivity contribution in [2.45, 2.75) is 19.3 Å². The average Bonchev–Trinajstić information content (AvgIpc) is 3.02. The second kappa shape index (κ2) is 6.72. The molecule has 21 heavy (non-hydrogen) atoms. The fraction of sp³-hybridized carbons (Fsp3) is 0.400. The lowest BCUT2D eigenvalue weighted by Crippen LogP contribution is -2.21. The summed E-state index contributed by atoms with van der Waals surface area (Å²) >= 11 is 5.98. The van der Waals surface area contributed by atoms with E-state index >= 15 is 0 Å². The molecule has 0 amide bonds. The van der Waals surface area contributed by atoms with Crippen molar-refractivity contribution in [1.82, 2.24) is 15.2 Å². The molecule has 110 valence electrons. The van der Waals surface area contributed by atoms with Crippen LogP contribution in [-0.2, 0) is 6.42 Å². The third kappa shape index (κ3) is 3.82. The van der Waals surface area contributed by atoms with Crippen LogP contribution in [0.5, 0.6) is 0 Å². The number of benzene rings is 1. The number of hydrogen-bond donors (Lipinski definition) is 1. The van der Waals surface area contributed by atoms with Crippen molar-refractivity contribution in [2.24, 2.45) is 0 Å². The second-order valence-corrected chi connectivity index (χ2v) is 5.58. The zero-order valence-corrected chi connectivity index (χ0v) is 12.6. The summed E-state index contributed by atoms with van der Waals surface area (Å²) in [5.41, 5.74) is 1.21. The summed E-state index contributed by atoms with van der Waals surface area (Å²) in [5, 5.41) is 12.2. The fourth-order valence-corrected chi connectivity index (χ4v) is 2.67. The molecule has 2 heterocycles. The van der Waals surface area contributed by atoms with E-state index in [0.29, 0.717) is 0 Å². The summed E-state index contributed by atoms with van der Waals surface area (Å²) in [6, 6.07) is 7.91. The summed E-state index contributed by atoms with van der Waals surface area (Å²) in [7, 11) is 0. The van der Waals surface area contributed by atoms with E-state index < -0.39 is 0 Å². The SMILES string of the molecule is Clc1cccc(CCNc2cnnc(N3CCCC3)n2)c1. The molecule has 0 spiro atoms. The first-order valence-electron chi connectivity index (χ1n) is 7.24. The summed E-state index contributed by atoms with van der Waals surface area (Å²) in [5.74, 6) is 1.49. The molecule has 0 atom stereocenters. The van der Waals surface area contributed by atoms with Crippen LogP contribution in [-0.4, -0.2) is 34.8 Å². The Hall–Kier alpha value is -1.88. The minimum absolute atomic E-state index is 0.722. The maximum Gasteiger partial charge on any atom is 0.247 e. The molecule has 0 saturated carbocycles. The molecule has 5 nitrogen and oxygen atoms in total. The smallest absolute Gasteiger partial charge is 0.247 e. The number of hydrogen-bond acceptors (Lipinski definition) is 5. The van der Waals surface area contributed by atoms with Crippen molar-refractivity contribution in [1.29, 1.82) is 0 Å². The van der Waals surface area contributed by atoms with Crippen molar-refractivity contribution in [3.63, 3.8) is 0 Å². The van der Waals surface area contributed by atoms with Crippen LogP contribution in [0.25, 0.3) is 0 Å². The van der Waals surface area contributed by atoms with E-state index in [2.05, 4.69) is 31.5 Å². The van der Waals surface area contributed by atoms with Gasteiger partial charge in [0.2, 0.25) is 5.95 Å². The maximum atomic E-state index is 5.98. The zero-order valence-electron chi connectivity index (χ0n) is 11.8. The molecule has 3 rings (SSSR count). The van der Waals surface area contributed by atoms with Gasteiger partial charge in [0, 0.05) is 24.7 Å². The standard InChI is InChI=1S/C15H18ClN5/c16-13-5-3-4-12(10-13)6-7-17-14-11-18-20-15(19-14)21-8-1-2-9-21/h3-5,10-11H,1-2,6-9H2,(H,17,19,20). The summed E-state index contributed by atoms with van der Waals surface area (Å²) in [4.78, 5) is 6.69. The normalized spacial score (nSPS) is 14.4. The van der Waals surface area contributed by atoms with E-state index in [9.17, 15) is 0 Å². The lowest BCUT2D eigenvalue weighted by atomic mass is 10.1. The molecule has 1 aliphatic heterocycles. The molecule has 1 aromatic carbocycles. The van der Waals surface area contributed by atoms with Gasteiger partial charge in [0.15, 0.2) is 5.82 Å². The molecule has 0 unspecified atom stereocenters. The Labute approximate surface area is 129 Å². The third-order valence-electron chi connectivity index (χ3n) is 3.55. The Morgan fingerprint density at radius 2 is 2.10 bits per heavy atom. The quantitative estimate of drug-likeness (QED) is 0.920. The van der Waals surface area contributed by atoms with Gasteiger partial charge in [-0.05, 0) is 37.0 Å². The largest absolute Gasteiger partial charge is 0.368 e. The van der Waals surface area contributed by atoms with Crippen molar-refractivity contribution >= 4 is 23.4 Å². The molecule has 0 aliphatic carbocycles. The molecule has 6 heteroatoms. The summed E-state index contributed by atoms with van der Waals surface area (Å²) in [6.07, 6.45) is 4.96. The van der Waals surface area contributed by atoms with Crippen LogP contribution in [0, 0.1) is 0 Å². The van der Waals surface area contributed by atoms with Gasteiger partial charge in [-0.3, -0.25) is 0 Å². The van der Waals surface area contributed by atoms with Crippen molar-refractivity contribution in [3.05, 3.63) is 41.0 Å². The average molecular weight is 304 g/mol. The lowest BCUT2D eigenvalue weighted by molar-refractivity contribution is 0.847. The van der Waals surface area contributed by atoms with Crippen LogP contribution in [0.2, 0.25) is 5.02 Å². The van der Waals surface area contributed by atoms with Gasteiger partial charge in [0.25, 0.3) is 0 Å². The van der Waals surface area contributed by atoms with Gasteiger partial charge in [-0.2, -0.15) is 10.1 Å². The molecule has 2 aromatic rings. The van der Waals surface area contributed by atoms with Gasteiger partial charge < -0.3 is 10.2 Å². The molecule has 1 fully saturated rings. The second-order valence-electron chi connectivity index (χ2n) is 5.14. The molecule has 1 N–H and O–H groups in total. The lowest BCUT2D eigenvalue weighted by Gasteiger charge is -2.14. The van der Waals surface area contributed by atoms with E-state index in [1.165, 1.54) is 18.4 Å². The maximum absolute atomic E-state index is 5.98. The molecular formula is C15H18ClN5. The highest BCUT2D eigenvalue weighted by molar-refractivity contribution is 6.30. The fourth-order valence-electron chi connectivity index (χ4n) is 2.46. The van der Waals surface area contributed by atoms with E-state index in [-0.39, 0.29) is 0 Å². The van der Waals surface area contributed by atoms with Crippen LogP contribution in [0.1, 0.15) is 18.4 Å². The molecule has 1 saturated heterocycles. The predicted octanol–water partition coefficient (Wildman–Crippen LogP) is 2.78. The monoisotopic (exact) mass is 303 g/mol. The van der Waals surface area contributed by atoms with Crippen molar-refractivity contribution in [3.8, 4) is 0 Å². The summed E-state index contributed by atoms with van der Waals surface area (Å²) in [6.45, 7) is 2.83. The van der Waals surface area contributed by atoms with Crippen LogP contribution >= 0.6 is 11.6 Å². The van der Waals surface area contributed by atoms with Gasteiger partial charge in [-0.25, -0.2) is 0 Å². The molecule has 1 aromatic heterocycles. The van der Waals surface area contributed by atoms with Crippen molar-refractivity contribution < 1.29 is 0 Å². The first kappa shape index (κ1) is 14.1. The highest BCUT2D eigenvalue weighted by Crippen LogP contribution is 2.16. The minimum Gasteiger partial charge on any atom is -0.368 e. The molecule has 0 bridgehead atoms. The number of halogens is 1. The third-order valence-corrected chi connectivity index (χ3v) is 3.78. The van der Waals surface area contributed by atoms with Crippen LogP contribution in [0.3, 0.4) is 0 Å². The first-order valence-corrected chi connectivity index (χ1v) is 7.62. The molecular weight excluding hydrogens is 286 g/mol. The highest BCUT2D eigenvalue weighted by Gasteiger charge is 2.15. The van der Waals surface area contributed by atoms with E-state index in [0.717, 1.165) is 42.8 Å². The molecule has 1 aliphatic rings. The molecule has 0 radical (unpaired) electrons. The Balaban J connectivity index is 1.56. The van der Waals surface area contributed by atoms with Gasteiger partial charge in [0.1, 0.15) is 0 Å². The van der Waals surface area contributed by atoms with Gasteiger partial charge in [-0.1, -0.05) is 23.7 Å². The summed E-state index contributed by atoms with van der Waals surface area (Å²) < 4.78 is 0. The van der Waals surface area contributed by atoms with Crippen LogP contribution in [0.4, 0.5) is 11.8 Å². The Kier molecular flexibility index (Phi) is 4.50. The number of rotatable bonds is 5.